The number of likely N-dealkylation sites (tertiary alicyclic amines) is 1. The van der Waals surface area contributed by atoms with Crippen LogP contribution in [0.15, 0.2) is 22.9 Å². The zero-order valence-corrected chi connectivity index (χ0v) is 11.9. The Morgan fingerprint density at radius 1 is 1.47 bits per heavy atom. The number of pyridine rings is 1. The molecule has 0 radical (unpaired) electrons. The fourth-order valence-corrected chi connectivity index (χ4v) is 2.83. The summed E-state index contributed by atoms with van der Waals surface area (Å²) < 4.78 is 1.03. The number of nitrogens with two attached hydrogens (primary N) is 1. The molecule has 4 heteroatoms. The van der Waals surface area contributed by atoms with E-state index in [9.17, 15) is 0 Å². The molecule has 0 unspecified atom stereocenters. The first kappa shape index (κ1) is 13.0. The molecule has 3 nitrogen and oxygen atoms in total. The largest absolute Gasteiger partial charge is 0.329 e. The molecule has 1 aliphatic rings. The van der Waals surface area contributed by atoms with Crippen LogP contribution in [0.25, 0.3) is 0 Å². The van der Waals surface area contributed by atoms with Gasteiger partial charge in [0, 0.05) is 29.5 Å². The van der Waals surface area contributed by atoms with Gasteiger partial charge in [-0.15, -0.1) is 0 Å². The summed E-state index contributed by atoms with van der Waals surface area (Å²) in [5, 5.41) is 0. The smallest absolute Gasteiger partial charge is 0.0486 e. The van der Waals surface area contributed by atoms with Crippen molar-refractivity contribution in [1.29, 1.82) is 0 Å². The Morgan fingerprint density at radius 3 is 2.76 bits per heavy atom. The Hall–Kier alpha value is -0.450. The van der Waals surface area contributed by atoms with Crippen molar-refractivity contribution in [2.45, 2.75) is 25.8 Å². The number of halogens is 1. The van der Waals surface area contributed by atoms with Crippen LogP contribution >= 0.6 is 15.9 Å². The lowest BCUT2D eigenvalue weighted by atomic mass is 9.96. The molecule has 2 heterocycles. The van der Waals surface area contributed by atoms with Crippen LogP contribution in [-0.4, -0.2) is 29.5 Å². The maximum Gasteiger partial charge on any atom is 0.0486 e. The molecule has 0 amide bonds. The van der Waals surface area contributed by atoms with E-state index in [0.29, 0.717) is 12.6 Å². The van der Waals surface area contributed by atoms with E-state index in [1.54, 1.807) is 0 Å². The van der Waals surface area contributed by atoms with Crippen molar-refractivity contribution in [3.63, 3.8) is 0 Å². The van der Waals surface area contributed by atoms with Crippen molar-refractivity contribution in [2.75, 3.05) is 19.6 Å². The molecular formula is C13H20BrN3. The maximum atomic E-state index is 5.94. The SMILES string of the molecule is CC1CCN([C@@H](CN)c2cncc(Br)c2)CC1. The van der Waals surface area contributed by atoms with Gasteiger partial charge in [-0.25, -0.2) is 0 Å². The number of hydrogen-bond donors (Lipinski definition) is 1. The summed E-state index contributed by atoms with van der Waals surface area (Å²) in [7, 11) is 0. The van der Waals surface area contributed by atoms with E-state index >= 15 is 0 Å². The molecule has 1 aromatic rings. The van der Waals surface area contributed by atoms with Crippen LogP contribution < -0.4 is 5.73 Å². The second-order valence-corrected chi connectivity index (χ2v) is 5.82. The van der Waals surface area contributed by atoms with Gasteiger partial charge in [-0.1, -0.05) is 6.92 Å². The van der Waals surface area contributed by atoms with Crippen LogP contribution in [0.5, 0.6) is 0 Å². The summed E-state index contributed by atoms with van der Waals surface area (Å²) in [6.07, 6.45) is 6.30. The van der Waals surface area contributed by atoms with Gasteiger partial charge in [-0.2, -0.15) is 0 Å². The molecule has 1 saturated heterocycles. The van der Waals surface area contributed by atoms with E-state index in [-0.39, 0.29) is 0 Å². The minimum Gasteiger partial charge on any atom is -0.329 e. The number of aromatic nitrogens is 1. The minimum atomic E-state index is 0.312. The van der Waals surface area contributed by atoms with Crippen LogP contribution in [0.3, 0.4) is 0 Å². The van der Waals surface area contributed by atoms with Gasteiger partial charge in [0.1, 0.15) is 0 Å². The molecule has 0 aliphatic carbocycles. The van der Waals surface area contributed by atoms with Gasteiger partial charge >= 0.3 is 0 Å². The first-order valence-electron chi connectivity index (χ1n) is 6.25. The van der Waals surface area contributed by atoms with E-state index in [1.165, 1.54) is 18.4 Å². The lowest BCUT2D eigenvalue weighted by Gasteiger charge is -2.36. The fourth-order valence-electron chi connectivity index (χ4n) is 2.45. The zero-order valence-electron chi connectivity index (χ0n) is 10.3. The minimum absolute atomic E-state index is 0.312. The van der Waals surface area contributed by atoms with E-state index in [2.05, 4.69) is 38.8 Å². The van der Waals surface area contributed by atoms with Crippen LogP contribution in [0.2, 0.25) is 0 Å². The van der Waals surface area contributed by atoms with Crippen molar-refractivity contribution in [3.8, 4) is 0 Å². The molecule has 1 aromatic heterocycles. The van der Waals surface area contributed by atoms with Crippen molar-refractivity contribution < 1.29 is 0 Å². The van der Waals surface area contributed by atoms with E-state index in [1.807, 2.05) is 12.4 Å². The third kappa shape index (κ3) is 3.27. The van der Waals surface area contributed by atoms with Gasteiger partial charge in [-0.05, 0) is 59.4 Å². The maximum absolute atomic E-state index is 5.94. The third-order valence-electron chi connectivity index (χ3n) is 3.59. The highest BCUT2D eigenvalue weighted by molar-refractivity contribution is 9.10. The standard InChI is InChI=1S/C13H20BrN3/c1-10-2-4-17(5-3-10)13(7-15)11-6-12(14)9-16-8-11/h6,8-10,13H,2-5,7,15H2,1H3/t13-/m0/s1. The molecule has 0 bridgehead atoms. The van der Waals surface area contributed by atoms with Crippen molar-refractivity contribution in [2.24, 2.45) is 11.7 Å². The Balaban J connectivity index is 2.10. The zero-order chi connectivity index (χ0) is 12.3. The monoisotopic (exact) mass is 297 g/mol. The van der Waals surface area contributed by atoms with Crippen LogP contribution in [-0.2, 0) is 0 Å². The molecular weight excluding hydrogens is 278 g/mol. The van der Waals surface area contributed by atoms with Gasteiger partial charge in [0.2, 0.25) is 0 Å². The van der Waals surface area contributed by atoms with E-state index in [0.717, 1.165) is 23.5 Å². The first-order valence-corrected chi connectivity index (χ1v) is 7.04. The highest BCUT2D eigenvalue weighted by Crippen LogP contribution is 2.26. The summed E-state index contributed by atoms with van der Waals surface area (Å²) in [5.74, 6) is 0.852. The van der Waals surface area contributed by atoms with Gasteiger partial charge in [-0.3, -0.25) is 9.88 Å². The van der Waals surface area contributed by atoms with Crippen molar-refractivity contribution in [1.82, 2.24) is 9.88 Å². The summed E-state index contributed by atoms with van der Waals surface area (Å²) in [6, 6.07) is 2.44. The summed E-state index contributed by atoms with van der Waals surface area (Å²) in [4.78, 5) is 6.72. The molecule has 2 N–H and O–H groups in total. The highest BCUT2D eigenvalue weighted by atomic mass is 79.9. The number of rotatable bonds is 3. The molecule has 0 saturated carbocycles. The second-order valence-electron chi connectivity index (χ2n) is 4.91. The molecule has 1 atom stereocenters. The Bertz CT molecular complexity index is 361. The average molecular weight is 298 g/mol. The van der Waals surface area contributed by atoms with Gasteiger partial charge in [0.15, 0.2) is 0 Å². The first-order chi connectivity index (χ1) is 8.20. The topological polar surface area (TPSA) is 42.1 Å². The molecule has 1 fully saturated rings. The Kier molecular flexibility index (Phi) is 4.54. The fraction of sp³-hybridized carbons (Fsp3) is 0.615. The Labute approximate surface area is 112 Å². The van der Waals surface area contributed by atoms with Crippen molar-refractivity contribution in [3.05, 3.63) is 28.5 Å². The molecule has 1 aliphatic heterocycles. The summed E-state index contributed by atoms with van der Waals surface area (Å²) >= 11 is 3.47. The number of piperidine rings is 1. The highest BCUT2D eigenvalue weighted by Gasteiger charge is 2.23. The van der Waals surface area contributed by atoms with Crippen LogP contribution in [0.4, 0.5) is 0 Å². The van der Waals surface area contributed by atoms with E-state index < -0.39 is 0 Å². The summed E-state index contributed by atoms with van der Waals surface area (Å²) in [6.45, 7) is 5.28. The normalized spacial score (nSPS) is 20.4. The number of hydrogen-bond acceptors (Lipinski definition) is 3. The van der Waals surface area contributed by atoms with Gasteiger partial charge < -0.3 is 5.73 Å². The predicted octanol–water partition coefficient (Wildman–Crippen LogP) is 2.58. The van der Waals surface area contributed by atoms with Gasteiger partial charge in [0.05, 0.1) is 0 Å². The molecule has 2 rings (SSSR count). The second kappa shape index (κ2) is 5.94. The molecule has 0 spiro atoms. The van der Waals surface area contributed by atoms with Gasteiger partial charge in [0.25, 0.3) is 0 Å². The third-order valence-corrected chi connectivity index (χ3v) is 4.03. The lowest BCUT2D eigenvalue weighted by Crippen LogP contribution is -2.39. The van der Waals surface area contributed by atoms with E-state index in [4.69, 9.17) is 5.73 Å². The van der Waals surface area contributed by atoms with Crippen molar-refractivity contribution >= 4 is 15.9 Å². The van der Waals surface area contributed by atoms with Crippen LogP contribution in [0.1, 0.15) is 31.4 Å². The molecule has 17 heavy (non-hydrogen) atoms. The van der Waals surface area contributed by atoms with Crippen LogP contribution in [0, 0.1) is 5.92 Å². The quantitative estimate of drug-likeness (QED) is 0.932. The molecule has 94 valence electrons. The Morgan fingerprint density at radius 2 is 2.18 bits per heavy atom. The number of nitrogens with zero attached hydrogens (tertiary/aromatic N) is 2. The molecule has 0 aromatic carbocycles. The predicted molar refractivity (Wildman–Crippen MR) is 73.7 cm³/mol. The average Bonchev–Trinajstić information content (AvgIpc) is 2.33. The summed E-state index contributed by atoms with van der Waals surface area (Å²) in [5.41, 5.74) is 7.15. The lowest BCUT2D eigenvalue weighted by molar-refractivity contribution is 0.141.